The van der Waals surface area contributed by atoms with Gasteiger partial charge in [-0.3, -0.25) is 20.4 Å². The summed E-state index contributed by atoms with van der Waals surface area (Å²) in [5, 5.41) is 7.94. The van der Waals surface area contributed by atoms with Crippen molar-refractivity contribution in [3.05, 3.63) is 66.0 Å². The highest BCUT2D eigenvalue weighted by Gasteiger charge is 2.16. The molecule has 3 amide bonds. The standard InChI is InChI=1S/C18H22N4O3/c1-25-12-11-20-18(24)22-16(23)13-21-17(14-7-3-2-4-8-14)15-9-5-6-10-19-15/h2-10,17,21H,11-13H2,1H3,(H2,20,22,23,24). The van der Waals surface area contributed by atoms with Gasteiger partial charge in [0.1, 0.15) is 0 Å². The van der Waals surface area contributed by atoms with Crippen LogP contribution in [0.4, 0.5) is 4.79 Å². The lowest BCUT2D eigenvalue weighted by atomic mass is 10.0. The van der Waals surface area contributed by atoms with Crippen molar-refractivity contribution in [2.75, 3.05) is 26.8 Å². The zero-order valence-electron chi connectivity index (χ0n) is 14.1. The number of nitrogens with zero attached hydrogens (tertiary/aromatic N) is 1. The molecule has 0 saturated carbocycles. The number of benzene rings is 1. The molecule has 0 bridgehead atoms. The number of imide groups is 1. The number of urea groups is 1. The molecular formula is C18H22N4O3. The minimum Gasteiger partial charge on any atom is -0.383 e. The van der Waals surface area contributed by atoms with E-state index in [1.54, 1.807) is 6.20 Å². The van der Waals surface area contributed by atoms with E-state index in [2.05, 4.69) is 20.9 Å². The van der Waals surface area contributed by atoms with E-state index >= 15 is 0 Å². The average Bonchev–Trinajstić information content (AvgIpc) is 2.64. The molecule has 1 atom stereocenters. The lowest BCUT2D eigenvalue weighted by Crippen LogP contribution is -2.44. The average molecular weight is 342 g/mol. The maximum absolute atomic E-state index is 12.0. The number of amides is 3. The Bertz CT molecular complexity index is 625. The van der Waals surface area contributed by atoms with Crippen LogP contribution in [0.3, 0.4) is 0 Å². The molecule has 0 fully saturated rings. The number of rotatable bonds is 8. The fraction of sp³-hybridized carbons (Fsp3) is 0.278. The Hall–Kier alpha value is -2.77. The fourth-order valence-electron chi connectivity index (χ4n) is 2.26. The summed E-state index contributed by atoms with van der Waals surface area (Å²) in [5.74, 6) is -0.424. The Labute approximate surface area is 146 Å². The lowest BCUT2D eigenvalue weighted by Gasteiger charge is -2.18. The maximum Gasteiger partial charge on any atom is 0.321 e. The van der Waals surface area contributed by atoms with Gasteiger partial charge >= 0.3 is 6.03 Å². The molecule has 25 heavy (non-hydrogen) atoms. The first-order chi connectivity index (χ1) is 12.2. The van der Waals surface area contributed by atoms with Crippen LogP contribution in [0.1, 0.15) is 17.3 Å². The van der Waals surface area contributed by atoms with Gasteiger partial charge in [-0.15, -0.1) is 0 Å². The smallest absolute Gasteiger partial charge is 0.321 e. The number of methoxy groups -OCH3 is 1. The second kappa shape index (κ2) is 10.2. The van der Waals surface area contributed by atoms with Crippen LogP contribution in [-0.2, 0) is 9.53 Å². The third kappa shape index (κ3) is 6.33. The molecule has 2 aromatic rings. The second-order valence-electron chi connectivity index (χ2n) is 5.28. The molecule has 1 aromatic heterocycles. The molecule has 0 radical (unpaired) electrons. The fourth-order valence-corrected chi connectivity index (χ4v) is 2.26. The number of hydrogen-bond acceptors (Lipinski definition) is 5. The molecule has 0 aliphatic rings. The molecule has 3 N–H and O–H groups in total. The van der Waals surface area contributed by atoms with E-state index in [4.69, 9.17) is 4.74 Å². The molecule has 2 rings (SSSR count). The van der Waals surface area contributed by atoms with Gasteiger partial charge in [-0.2, -0.15) is 0 Å². The Kier molecular flexibility index (Phi) is 7.55. The first-order valence-corrected chi connectivity index (χ1v) is 7.96. The lowest BCUT2D eigenvalue weighted by molar-refractivity contribution is -0.119. The number of ether oxygens (including phenoxy) is 1. The second-order valence-corrected chi connectivity index (χ2v) is 5.28. The summed E-state index contributed by atoms with van der Waals surface area (Å²) in [6, 6.07) is 14.5. The van der Waals surface area contributed by atoms with Crippen molar-refractivity contribution in [2.45, 2.75) is 6.04 Å². The summed E-state index contributed by atoms with van der Waals surface area (Å²) in [6.45, 7) is 0.701. The van der Waals surface area contributed by atoms with Crippen LogP contribution in [0.2, 0.25) is 0 Å². The molecule has 7 nitrogen and oxygen atoms in total. The van der Waals surface area contributed by atoms with E-state index in [0.29, 0.717) is 13.2 Å². The molecular weight excluding hydrogens is 320 g/mol. The van der Waals surface area contributed by atoms with Gasteiger partial charge in [-0.25, -0.2) is 4.79 Å². The summed E-state index contributed by atoms with van der Waals surface area (Å²) in [5.41, 5.74) is 1.78. The van der Waals surface area contributed by atoms with E-state index in [0.717, 1.165) is 11.3 Å². The third-order valence-corrected chi connectivity index (χ3v) is 3.43. The van der Waals surface area contributed by atoms with Gasteiger partial charge in [0.25, 0.3) is 0 Å². The topological polar surface area (TPSA) is 92.4 Å². The van der Waals surface area contributed by atoms with Crippen LogP contribution >= 0.6 is 0 Å². The SMILES string of the molecule is COCCNC(=O)NC(=O)CNC(c1ccccc1)c1ccccn1. The van der Waals surface area contributed by atoms with Crippen LogP contribution in [0, 0.1) is 0 Å². The highest BCUT2D eigenvalue weighted by Crippen LogP contribution is 2.19. The number of aromatic nitrogens is 1. The van der Waals surface area contributed by atoms with E-state index in [9.17, 15) is 9.59 Å². The molecule has 1 heterocycles. The number of carbonyl (C=O) groups excluding carboxylic acids is 2. The Morgan fingerprint density at radius 1 is 1.12 bits per heavy atom. The minimum absolute atomic E-state index is 0.0200. The van der Waals surface area contributed by atoms with Crippen LogP contribution in [0.15, 0.2) is 54.7 Å². The predicted molar refractivity (Wildman–Crippen MR) is 93.9 cm³/mol. The van der Waals surface area contributed by atoms with Gasteiger partial charge in [0.05, 0.1) is 24.9 Å². The molecule has 132 valence electrons. The number of carbonyl (C=O) groups is 2. The van der Waals surface area contributed by atoms with E-state index in [1.165, 1.54) is 7.11 Å². The van der Waals surface area contributed by atoms with Gasteiger partial charge in [0, 0.05) is 19.9 Å². The molecule has 0 aliphatic carbocycles. The quantitative estimate of drug-likeness (QED) is 0.628. The van der Waals surface area contributed by atoms with Crippen molar-refractivity contribution >= 4 is 11.9 Å². The zero-order chi connectivity index (χ0) is 17.9. The normalized spacial score (nSPS) is 11.6. The predicted octanol–water partition coefficient (Wildman–Crippen LogP) is 1.23. The summed E-state index contributed by atoms with van der Waals surface area (Å²) in [6.07, 6.45) is 1.70. The van der Waals surface area contributed by atoms with E-state index in [1.807, 2.05) is 48.5 Å². The van der Waals surface area contributed by atoms with Gasteiger partial charge in [-0.1, -0.05) is 36.4 Å². The first-order valence-electron chi connectivity index (χ1n) is 7.96. The van der Waals surface area contributed by atoms with Gasteiger partial charge in [0.2, 0.25) is 5.91 Å². The highest BCUT2D eigenvalue weighted by atomic mass is 16.5. The summed E-state index contributed by atoms with van der Waals surface area (Å²) < 4.78 is 4.83. The van der Waals surface area contributed by atoms with Crippen LogP contribution in [0.25, 0.3) is 0 Å². The number of nitrogens with one attached hydrogen (secondary N) is 3. The van der Waals surface area contributed by atoms with Crippen molar-refractivity contribution in [3.8, 4) is 0 Å². The molecule has 7 heteroatoms. The van der Waals surface area contributed by atoms with Gasteiger partial charge in [0.15, 0.2) is 0 Å². The number of pyridine rings is 1. The van der Waals surface area contributed by atoms with Crippen molar-refractivity contribution < 1.29 is 14.3 Å². The molecule has 1 unspecified atom stereocenters. The summed E-state index contributed by atoms with van der Waals surface area (Å²) >= 11 is 0. The zero-order valence-corrected chi connectivity index (χ0v) is 14.1. The van der Waals surface area contributed by atoms with Gasteiger partial charge in [-0.05, 0) is 17.7 Å². The summed E-state index contributed by atoms with van der Waals surface area (Å²) in [7, 11) is 1.54. The van der Waals surface area contributed by atoms with Crippen molar-refractivity contribution in [3.63, 3.8) is 0 Å². The van der Waals surface area contributed by atoms with Crippen LogP contribution in [0.5, 0.6) is 0 Å². The number of hydrogen-bond donors (Lipinski definition) is 3. The van der Waals surface area contributed by atoms with Crippen molar-refractivity contribution in [2.24, 2.45) is 0 Å². The van der Waals surface area contributed by atoms with Crippen LogP contribution in [-0.4, -0.2) is 43.7 Å². The Morgan fingerprint density at radius 3 is 2.56 bits per heavy atom. The van der Waals surface area contributed by atoms with Crippen molar-refractivity contribution in [1.82, 2.24) is 20.9 Å². The largest absolute Gasteiger partial charge is 0.383 e. The summed E-state index contributed by atoms with van der Waals surface area (Å²) in [4.78, 5) is 27.9. The van der Waals surface area contributed by atoms with Gasteiger partial charge < -0.3 is 10.1 Å². The maximum atomic E-state index is 12.0. The molecule has 0 saturated heterocycles. The molecule has 1 aromatic carbocycles. The molecule has 0 spiro atoms. The van der Waals surface area contributed by atoms with Crippen molar-refractivity contribution in [1.29, 1.82) is 0 Å². The van der Waals surface area contributed by atoms with E-state index < -0.39 is 11.9 Å². The first kappa shape index (κ1) is 18.6. The highest BCUT2D eigenvalue weighted by molar-refractivity contribution is 5.95. The third-order valence-electron chi connectivity index (χ3n) is 3.43. The Balaban J connectivity index is 1.94. The van der Waals surface area contributed by atoms with Crippen LogP contribution < -0.4 is 16.0 Å². The monoisotopic (exact) mass is 342 g/mol. The molecule has 0 aliphatic heterocycles. The minimum atomic E-state index is -0.544. The van der Waals surface area contributed by atoms with E-state index in [-0.39, 0.29) is 12.6 Å². The Morgan fingerprint density at radius 2 is 1.88 bits per heavy atom.